The van der Waals surface area contributed by atoms with E-state index in [9.17, 15) is 9.90 Å². The van der Waals surface area contributed by atoms with Crippen molar-refractivity contribution in [2.75, 3.05) is 13.1 Å². The van der Waals surface area contributed by atoms with Gasteiger partial charge in [-0.05, 0) is 38.8 Å². The Hall–Kier alpha value is -0.610. The molecule has 0 rings (SSSR count). The molecule has 4 nitrogen and oxygen atoms in total. The number of carboxylic acid groups (broad SMARTS) is 1. The largest absolute Gasteiger partial charge is 0.550 e. The van der Waals surface area contributed by atoms with Crippen LogP contribution in [0.1, 0.15) is 64.7 Å². The van der Waals surface area contributed by atoms with E-state index in [0.717, 1.165) is 38.8 Å². The highest BCUT2D eigenvalue weighted by Gasteiger charge is 1.92. The molecule has 0 heterocycles. The molecular formula is C13H30N2O2. The maximum Gasteiger partial charge on any atom is 0.0414 e. The zero-order valence-electron chi connectivity index (χ0n) is 11.6. The average molecular weight is 246 g/mol. The summed E-state index contributed by atoms with van der Waals surface area (Å²) in [5.41, 5.74) is 0. The second-order valence-corrected chi connectivity index (χ2v) is 4.35. The predicted octanol–water partition coefficient (Wildman–Crippen LogP) is 2.23. The molecule has 0 aliphatic carbocycles. The number of quaternary nitrogens is 1. The van der Waals surface area contributed by atoms with Gasteiger partial charge in [-0.1, -0.05) is 39.0 Å². The fraction of sp³-hybridized carbons (Fsp3) is 0.923. The fourth-order valence-electron chi connectivity index (χ4n) is 1.67. The topological polar surface area (TPSA) is 88.7 Å². The van der Waals surface area contributed by atoms with Crippen LogP contribution >= 0.6 is 0 Å². The van der Waals surface area contributed by atoms with Gasteiger partial charge in [0.25, 0.3) is 0 Å². The number of aliphatic carboxylic acids is 1. The number of carbonyl (C=O) groups excluding carboxylic acids is 1. The summed E-state index contributed by atoms with van der Waals surface area (Å²) in [6, 6.07) is 0. The summed E-state index contributed by atoms with van der Waals surface area (Å²) in [6.45, 7) is 4.41. The molecule has 0 atom stereocenters. The summed E-state index contributed by atoms with van der Waals surface area (Å²) >= 11 is 0. The second kappa shape index (κ2) is 15.4. The van der Waals surface area contributed by atoms with Crippen molar-refractivity contribution in [1.29, 1.82) is 0 Å². The number of rotatable bonds is 12. The van der Waals surface area contributed by atoms with Crippen molar-refractivity contribution in [3.8, 4) is 0 Å². The van der Waals surface area contributed by atoms with Crippen LogP contribution in [0.5, 0.6) is 0 Å². The first-order chi connectivity index (χ1) is 7.77. The van der Waals surface area contributed by atoms with Crippen LogP contribution in [0.2, 0.25) is 0 Å². The van der Waals surface area contributed by atoms with Gasteiger partial charge >= 0.3 is 0 Å². The molecule has 0 spiro atoms. The quantitative estimate of drug-likeness (QED) is 0.517. The summed E-state index contributed by atoms with van der Waals surface area (Å²) in [7, 11) is 0. The van der Waals surface area contributed by atoms with Crippen LogP contribution in [0.3, 0.4) is 0 Å². The zero-order chi connectivity index (χ0) is 12.1. The number of hydrogen-bond acceptors (Lipinski definition) is 3. The molecule has 0 amide bonds. The molecule has 0 aromatic rings. The number of carbonyl (C=O) groups is 1. The standard InChI is InChI=1S/C13H27NO2.H3N/c1-2-3-4-8-11-14-12-9-6-5-7-10-13(15)16;/h14H,2-12H2,1H3,(H,15,16);1H3. The van der Waals surface area contributed by atoms with Crippen LogP contribution in [-0.2, 0) is 4.79 Å². The molecule has 0 aliphatic rings. The minimum atomic E-state index is -0.922. The average Bonchev–Trinajstić information content (AvgIpc) is 2.25. The van der Waals surface area contributed by atoms with E-state index in [0.29, 0.717) is 0 Å². The van der Waals surface area contributed by atoms with Gasteiger partial charge in [0.15, 0.2) is 0 Å². The third-order valence-corrected chi connectivity index (χ3v) is 2.69. The van der Waals surface area contributed by atoms with E-state index in [1.165, 1.54) is 25.7 Å². The van der Waals surface area contributed by atoms with E-state index < -0.39 is 5.97 Å². The minimum absolute atomic E-state index is 0. The summed E-state index contributed by atoms with van der Waals surface area (Å²) in [6.07, 6.45) is 9.49. The monoisotopic (exact) mass is 246 g/mol. The van der Waals surface area contributed by atoms with Gasteiger partial charge in [0.05, 0.1) is 0 Å². The van der Waals surface area contributed by atoms with Crippen molar-refractivity contribution in [1.82, 2.24) is 11.5 Å². The van der Waals surface area contributed by atoms with Gasteiger partial charge < -0.3 is 21.4 Å². The van der Waals surface area contributed by atoms with E-state index in [2.05, 4.69) is 12.2 Å². The zero-order valence-corrected chi connectivity index (χ0v) is 11.6. The number of carboxylic acids is 1. The van der Waals surface area contributed by atoms with Crippen LogP contribution in [0, 0.1) is 0 Å². The Morgan fingerprint density at radius 1 is 0.941 bits per heavy atom. The van der Waals surface area contributed by atoms with Crippen LogP contribution in [0.15, 0.2) is 0 Å². The molecule has 0 bridgehead atoms. The first-order valence-electron chi connectivity index (χ1n) is 6.68. The van der Waals surface area contributed by atoms with Gasteiger partial charge in [0.2, 0.25) is 0 Å². The Kier molecular flexibility index (Phi) is 17.0. The van der Waals surface area contributed by atoms with Crippen molar-refractivity contribution in [3.63, 3.8) is 0 Å². The SMILES string of the molecule is CCCCCCNCCCCCCC(=O)[O-].[NH4+]. The fourth-order valence-corrected chi connectivity index (χ4v) is 1.67. The summed E-state index contributed by atoms with van der Waals surface area (Å²) in [5.74, 6) is -0.922. The highest BCUT2D eigenvalue weighted by Crippen LogP contribution is 2.02. The smallest absolute Gasteiger partial charge is 0.0414 e. The Balaban J connectivity index is 0. The molecule has 5 N–H and O–H groups in total. The lowest BCUT2D eigenvalue weighted by Gasteiger charge is -2.05. The normalized spacial score (nSPS) is 9.94. The van der Waals surface area contributed by atoms with E-state index >= 15 is 0 Å². The van der Waals surface area contributed by atoms with Gasteiger partial charge in [0.1, 0.15) is 0 Å². The first kappa shape index (κ1) is 18.7. The Bertz CT molecular complexity index is 163. The lowest BCUT2D eigenvalue weighted by Crippen LogP contribution is -2.21. The molecular weight excluding hydrogens is 216 g/mol. The van der Waals surface area contributed by atoms with Gasteiger partial charge in [-0.15, -0.1) is 0 Å². The Labute approximate surface area is 106 Å². The lowest BCUT2D eigenvalue weighted by atomic mass is 10.1. The molecule has 0 saturated carbocycles. The second-order valence-electron chi connectivity index (χ2n) is 4.35. The minimum Gasteiger partial charge on any atom is -0.550 e. The molecule has 0 saturated heterocycles. The van der Waals surface area contributed by atoms with Crippen molar-refractivity contribution in [3.05, 3.63) is 0 Å². The van der Waals surface area contributed by atoms with Crippen molar-refractivity contribution < 1.29 is 9.90 Å². The van der Waals surface area contributed by atoms with Crippen LogP contribution in [0.25, 0.3) is 0 Å². The molecule has 0 aromatic heterocycles. The van der Waals surface area contributed by atoms with Crippen molar-refractivity contribution in [2.45, 2.75) is 64.7 Å². The van der Waals surface area contributed by atoms with Gasteiger partial charge in [-0.25, -0.2) is 0 Å². The molecule has 0 fully saturated rings. The van der Waals surface area contributed by atoms with Gasteiger partial charge in [0, 0.05) is 5.97 Å². The first-order valence-corrected chi connectivity index (χ1v) is 6.68. The van der Waals surface area contributed by atoms with E-state index in [4.69, 9.17) is 0 Å². The van der Waals surface area contributed by atoms with Crippen LogP contribution < -0.4 is 16.6 Å². The molecule has 17 heavy (non-hydrogen) atoms. The molecule has 0 unspecified atom stereocenters. The third kappa shape index (κ3) is 18.0. The summed E-state index contributed by atoms with van der Waals surface area (Å²) in [4.78, 5) is 10.1. The van der Waals surface area contributed by atoms with Gasteiger partial charge in [-0.2, -0.15) is 0 Å². The lowest BCUT2D eigenvalue weighted by molar-refractivity contribution is -0.305. The van der Waals surface area contributed by atoms with Gasteiger partial charge in [-0.3, -0.25) is 0 Å². The van der Waals surface area contributed by atoms with Crippen LogP contribution in [0.4, 0.5) is 0 Å². The Morgan fingerprint density at radius 2 is 1.47 bits per heavy atom. The van der Waals surface area contributed by atoms with Crippen molar-refractivity contribution in [2.24, 2.45) is 0 Å². The molecule has 0 radical (unpaired) electrons. The van der Waals surface area contributed by atoms with E-state index in [1.54, 1.807) is 0 Å². The molecule has 104 valence electrons. The summed E-state index contributed by atoms with van der Waals surface area (Å²) < 4.78 is 0. The van der Waals surface area contributed by atoms with E-state index in [1.807, 2.05) is 0 Å². The maximum absolute atomic E-state index is 10.1. The number of nitrogens with one attached hydrogen (secondary N) is 1. The predicted molar refractivity (Wildman–Crippen MR) is 71.1 cm³/mol. The number of hydrogen-bond donors (Lipinski definition) is 2. The number of unbranched alkanes of at least 4 members (excludes halogenated alkanes) is 6. The highest BCUT2D eigenvalue weighted by molar-refractivity contribution is 5.63. The Morgan fingerprint density at radius 3 is 2.00 bits per heavy atom. The molecule has 0 aliphatic heterocycles. The molecule has 4 heteroatoms. The van der Waals surface area contributed by atoms with Crippen molar-refractivity contribution >= 4 is 5.97 Å². The van der Waals surface area contributed by atoms with Crippen LogP contribution in [-0.4, -0.2) is 19.1 Å². The maximum atomic E-state index is 10.1. The highest BCUT2D eigenvalue weighted by atomic mass is 16.4. The summed E-state index contributed by atoms with van der Waals surface area (Å²) in [5, 5.41) is 13.6. The van der Waals surface area contributed by atoms with E-state index in [-0.39, 0.29) is 12.6 Å². The third-order valence-electron chi connectivity index (χ3n) is 2.69. The molecule has 0 aromatic carbocycles.